The topological polar surface area (TPSA) is 49.4 Å². The summed E-state index contributed by atoms with van der Waals surface area (Å²) in [6.45, 7) is 6.76. The zero-order valence-corrected chi connectivity index (χ0v) is 18.2. The fraction of sp³-hybridized carbons (Fsp3) is 0.462. The Morgan fingerprint density at radius 2 is 1.57 bits per heavy atom. The SMILES string of the molecule is CCC(CC)[C@@H]1C(=O)N[C@H](C2Cc3ccccc3C2)C(=O)N1Cc1ccc(C)cc1. The van der Waals surface area contributed by atoms with Crippen LogP contribution in [0.1, 0.15) is 48.9 Å². The molecule has 2 aliphatic rings. The summed E-state index contributed by atoms with van der Waals surface area (Å²) in [6, 6.07) is 15.8. The van der Waals surface area contributed by atoms with Gasteiger partial charge >= 0.3 is 0 Å². The van der Waals surface area contributed by atoms with Crippen molar-refractivity contribution in [1.29, 1.82) is 0 Å². The molecule has 4 rings (SSSR count). The largest absolute Gasteiger partial charge is 0.342 e. The molecule has 0 aromatic heterocycles. The molecule has 1 aliphatic carbocycles. The molecule has 2 aromatic carbocycles. The van der Waals surface area contributed by atoms with Gasteiger partial charge in [0.2, 0.25) is 11.8 Å². The number of benzene rings is 2. The lowest BCUT2D eigenvalue weighted by Crippen LogP contribution is -2.66. The normalized spacial score (nSPS) is 21.8. The van der Waals surface area contributed by atoms with Crippen LogP contribution in [0.2, 0.25) is 0 Å². The maximum atomic E-state index is 13.7. The summed E-state index contributed by atoms with van der Waals surface area (Å²) in [7, 11) is 0. The van der Waals surface area contributed by atoms with Crippen LogP contribution in [0.3, 0.4) is 0 Å². The highest BCUT2D eigenvalue weighted by Gasteiger charge is 2.46. The number of aryl methyl sites for hydroxylation is 1. The number of hydrogen-bond donors (Lipinski definition) is 1. The highest BCUT2D eigenvalue weighted by molar-refractivity contribution is 5.97. The standard InChI is InChI=1S/C26H32N2O2/c1-4-19(5-2)24-25(29)27-23(22-14-20-8-6-7-9-21(20)15-22)26(30)28(24)16-18-12-10-17(3)11-13-18/h6-13,19,22-24H,4-5,14-16H2,1-3H3,(H,27,29)/t23-,24-/m1/s1. The molecule has 4 nitrogen and oxygen atoms in total. The molecule has 1 saturated heterocycles. The van der Waals surface area contributed by atoms with E-state index in [4.69, 9.17) is 0 Å². The third kappa shape index (κ3) is 3.88. The summed E-state index contributed by atoms with van der Waals surface area (Å²) in [4.78, 5) is 28.9. The molecule has 158 valence electrons. The van der Waals surface area contributed by atoms with E-state index in [1.807, 2.05) is 4.90 Å². The van der Waals surface area contributed by atoms with Crippen LogP contribution in [-0.2, 0) is 29.0 Å². The highest BCUT2D eigenvalue weighted by atomic mass is 16.2. The van der Waals surface area contributed by atoms with Gasteiger partial charge in [-0.1, -0.05) is 80.8 Å². The third-order valence-corrected chi connectivity index (χ3v) is 6.97. The fourth-order valence-corrected chi connectivity index (χ4v) is 5.18. The Morgan fingerprint density at radius 1 is 0.967 bits per heavy atom. The zero-order valence-electron chi connectivity index (χ0n) is 18.2. The molecule has 4 heteroatoms. The van der Waals surface area contributed by atoms with Crippen molar-refractivity contribution in [3.05, 3.63) is 70.8 Å². The Hall–Kier alpha value is -2.62. The van der Waals surface area contributed by atoms with E-state index in [1.165, 1.54) is 16.7 Å². The summed E-state index contributed by atoms with van der Waals surface area (Å²) in [5.74, 6) is 0.379. The summed E-state index contributed by atoms with van der Waals surface area (Å²) < 4.78 is 0. The molecule has 1 fully saturated rings. The lowest BCUT2D eigenvalue weighted by atomic mass is 9.86. The number of nitrogens with one attached hydrogen (secondary N) is 1. The van der Waals surface area contributed by atoms with E-state index in [2.05, 4.69) is 74.6 Å². The van der Waals surface area contributed by atoms with Gasteiger partial charge < -0.3 is 10.2 Å². The number of rotatable bonds is 6. The van der Waals surface area contributed by atoms with E-state index in [9.17, 15) is 9.59 Å². The van der Waals surface area contributed by atoms with Gasteiger partial charge in [-0.05, 0) is 48.3 Å². The van der Waals surface area contributed by atoms with Crippen molar-refractivity contribution >= 4 is 11.8 Å². The first kappa shape index (κ1) is 20.6. The predicted octanol–water partition coefficient (Wildman–Crippen LogP) is 4.04. The molecule has 0 saturated carbocycles. The van der Waals surface area contributed by atoms with Crippen molar-refractivity contribution in [3.63, 3.8) is 0 Å². The van der Waals surface area contributed by atoms with Crippen molar-refractivity contribution in [2.75, 3.05) is 0 Å². The molecule has 2 atom stereocenters. The molecule has 0 spiro atoms. The first-order chi connectivity index (χ1) is 14.5. The molecular formula is C26H32N2O2. The first-order valence-electron chi connectivity index (χ1n) is 11.2. The Kier molecular flexibility index (Phi) is 5.94. The van der Waals surface area contributed by atoms with Crippen LogP contribution in [0.4, 0.5) is 0 Å². The number of hydrogen-bond acceptors (Lipinski definition) is 2. The summed E-state index contributed by atoms with van der Waals surface area (Å²) in [5, 5.41) is 3.14. The monoisotopic (exact) mass is 404 g/mol. The van der Waals surface area contributed by atoms with Crippen molar-refractivity contribution in [3.8, 4) is 0 Å². The Balaban J connectivity index is 1.62. The molecule has 1 heterocycles. The average Bonchev–Trinajstić information content (AvgIpc) is 3.18. The van der Waals surface area contributed by atoms with Gasteiger partial charge in [0.05, 0.1) is 0 Å². The van der Waals surface area contributed by atoms with Crippen LogP contribution < -0.4 is 5.32 Å². The van der Waals surface area contributed by atoms with Crippen molar-refractivity contribution in [2.24, 2.45) is 11.8 Å². The minimum atomic E-state index is -0.444. The van der Waals surface area contributed by atoms with Gasteiger partial charge in [-0.15, -0.1) is 0 Å². The minimum absolute atomic E-state index is 0.0105. The maximum Gasteiger partial charge on any atom is 0.246 e. The first-order valence-corrected chi connectivity index (χ1v) is 11.2. The van der Waals surface area contributed by atoms with Crippen molar-refractivity contribution in [1.82, 2.24) is 10.2 Å². The summed E-state index contributed by atoms with van der Waals surface area (Å²) >= 11 is 0. The van der Waals surface area contributed by atoms with Crippen molar-refractivity contribution in [2.45, 2.75) is 65.1 Å². The van der Waals surface area contributed by atoms with E-state index in [1.54, 1.807) is 0 Å². The molecule has 1 aliphatic heterocycles. The molecule has 1 N–H and O–H groups in total. The number of amides is 2. The van der Waals surface area contributed by atoms with Crippen LogP contribution in [0.5, 0.6) is 0 Å². The van der Waals surface area contributed by atoms with E-state index in [-0.39, 0.29) is 23.7 Å². The minimum Gasteiger partial charge on any atom is -0.342 e. The van der Waals surface area contributed by atoms with Gasteiger partial charge in [0.1, 0.15) is 12.1 Å². The lowest BCUT2D eigenvalue weighted by molar-refractivity contribution is -0.154. The predicted molar refractivity (Wildman–Crippen MR) is 119 cm³/mol. The molecular weight excluding hydrogens is 372 g/mol. The summed E-state index contributed by atoms with van der Waals surface area (Å²) in [6.07, 6.45) is 3.46. The molecule has 30 heavy (non-hydrogen) atoms. The number of carbonyl (C=O) groups is 2. The second-order valence-corrected chi connectivity index (χ2v) is 8.90. The molecule has 0 radical (unpaired) electrons. The Labute approximate surface area is 179 Å². The molecule has 0 unspecified atom stereocenters. The zero-order chi connectivity index (χ0) is 21.3. The van der Waals surface area contributed by atoms with Gasteiger partial charge in [0.15, 0.2) is 0 Å². The lowest BCUT2D eigenvalue weighted by Gasteiger charge is -2.43. The molecule has 0 bridgehead atoms. The van der Waals surface area contributed by atoms with Gasteiger partial charge in [-0.3, -0.25) is 9.59 Å². The highest BCUT2D eigenvalue weighted by Crippen LogP contribution is 2.33. The van der Waals surface area contributed by atoms with E-state index in [0.717, 1.165) is 31.2 Å². The number of fused-ring (bicyclic) bond motifs is 1. The molecule has 2 aromatic rings. The number of nitrogens with zero attached hydrogens (tertiary/aromatic N) is 1. The maximum absolute atomic E-state index is 13.7. The van der Waals surface area contributed by atoms with E-state index < -0.39 is 12.1 Å². The van der Waals surface area contributed by atoms with Crippen LogP contribution in [0, 0.1) is 18.8 Å². The number of piperazine rings is 1. The van der Waals surface area contributed by atoms with Crippen LogP contribution >= 0.6 is 0 Å². The van der Waals surface area contributed by atoms with Crippen LogP contribution in [0.25, 0.3) is 0 Å². The van der Waals surface area contributed by atoms with Crippen LogP contribution in [-0.4, -0.2) is 28.8 Å². The number of carbonyl (C=O) groups excluding carboxylic acids is 2. The second-order valence-electron chi connectivity index (χ2n) is 8.90. The Bertz CT molecular complexity index is 892. The van der Waals surface area contributed by atoms with Gasteiger partial charge in [0, 0.05) is 6.54 Å². The van der Waals surface area contributed by atoms with Gasteiger partial charge in [0.25, 0.3) is 0 Å². The second kappa shape index (κ2) is 8.63. The quantitative estimate of drug-likeness (QED) is 0.790. The van der Waals surface area contributed by atoms with Gasteiger partial charge in [-0.25, -0.2) is 0 Å². The van der Waals surface area contributed by atoms with E-state index >= 15 is 0 Å². The van der Waals surface area contributed by atoms with Gasteiger partial charge in [-0.2, -0.15) is 0 Å². The summed E-state index contributed by atoms with van der Waals surface area (Å²) in [5.41, 5.74) is 4.88. The smallest absolute Gasteiger partial charge is 0.246 e. The molecule has 2 amide bonds. The average molecular weight is 405 g/mol. The Morgan fingerprint density at radius 3 is 2.13 bits per heavy atom. The van der Waals surface area contributed by atoms with Crippen molar-refractivity contribution < 1.29 is 9.59 Å². The van der Waals surface area contributed by atoms with E-state index in [0.29, 0.717) is 6.54 Å². The third-order valence-electron chi connectivity index (χ3n) is 6.97. The van der Waals surface area contributed by atoms with Crippen LogP contribution in [0.15, 0.2) is 48.5 Å². The fourth-order valence-electron chi connectivity index (χ4n) is 5.18.